The van der Waals surface area contributed by atoms with Crippen LogP contribution in [0.2, 0.25) is 5.02 Å². The van der Waals surface area contributed by atoms with Crippen molar-refractivity contribution >= 4 is 11.6 Å². The molecule has 0 atom stereocenters. The summed E-state index contributed by atoms with van der Waals surface area (Å²) in [5, 5.41) is 3.52. The Balaban J connectivity index is 1.55. The van der Waals surface area contributed by atoms with E-state index in [0.717, 1.165) is 39.3 Å². The van der Waals surface area contributed by atoms with Gasteiger partial charge in [-0.15, -0.1) is 0 Å². The zero-order chi connectivity index (χ0) is 13.2. The van der Waals surface area contributed by atoms with Gasteiger partial charge in [0.15, 0.2) is 0 Å². The smallest absolute Gasteiger partial charge is 0.146 e. The Hall–Kier alpha value is -0.680. The highest BCUT2D eigenvalue weighted by atomic mass is 35.5. The number of piperazine rings is 1. The van der Waals surface area contributed by atoms with Gasteiger partial charge in [-0.2, -0.15) is 0 Å². The number of nitrogens with one attached hydrogen (secondary N) is 1. The van der Waals surface area contributed by atoms with E-state index in [1.54, 1.807) is 6.07 Å². The quantitative estimate of drug-likeness (QED) is 0.908. The highest BCUT2D eigenvalue weighted by Gasteiger charge is 2.27. The van der Waals surface area contributed by atoms with Gasteiger partial charge >= 0.3 is 0 Å². The maximum absolute atomic E-state index is 13.8. The molecule has 2 fully saturated rings. The van der Waals surface area contributed by atoms with Gasteiger partial charge in [0.25, 0.3) is 0 Å². The minimum absolute atomic E-state index is 0.219. The van der Waals surface area contributed by atoms with Crippen LogP contribution in [0.5, 0.6) is 0 Å². The van der Waals surface area contributed by atoms with E-state index in [1.165, 1.54) is 0 Å². The Labute approximate surface area is 118 Å². The van der Waals surface area contributed by atoms with Crippen molar-refractivity contribution in [2.75, 3.05) is 39.3 Å². The molecule has 2 aliphatic heterocycles. The maximum Gasteiger partial charge on any atom is 0.146 e. The van der Waals surface area contributed by atoms with Crippen molar-refractivity contribution in [3.63, 3.8) is 0 Å². The first-order valence-corrected chi connectivity index (χ1v) is 7.22. The summed E-state index contributed by atoms with van der Waals surface area (Å²) in [6.45, 7) is 7.04. The molecule has 104 valence electrons. The summed E-state index contributed by atoms with van der Waals surface area (Å²) in [5.74, 6) is -0.269. The molecule has 0 radical (unpaired) electrons. The van der Waals surface area contributed by atoms with Gasteiger partial charge in [0.1, 0.15) is 5.82 Å². The van der Waals surface area contributed by atoms with Crippen LogP contribution in [0.3, 0.4) is 0 Å². The Kier molecular flexibility index (Phi) is 4.03. The Morgan fingerprint density at radius 1 is 1.21 bits per heavy atom. The van der Waals surface area contributed by atoms with Crippen LogP contribution in [0, 0.1) is 5.82 Å². The van der Waals surface area contributed by atoms with Crippen LogP contribution < -0.4 is 5.32 Å². The molecule has 5 heteroatoms. The highest BCUT2D eigenvalue weighted by Crippen LogP contribution is 2.20. The van der Waals surface area contributed by atoms with Gasteiger partial charge in [0.2, 0.25) is 0 Å². The summed E-state index contributed by atoms with van der Waals surface area (Å²) < 4.78 is 13.8. The molecule has 0 saturated carbocycles. The predicted molar refractivity (Wildman–Crippen MR) is 74.9 cm³/mol. The fraction of sp³-hybridized carbons (Fsp3) is 0.571. The summed E-state index contributed by atoms with van der Waals surface area (Å²) in [7, 11) is 0. The van der Waals surface area contributed by atoms with E-state index in [1.807, 2.05) is 12.1 Å². The van der Waals surface area contributed by atoms with Crippen molar-refractivity contribution in [3.05, 3.63) is 34.6 Å². The van der Waals surface area contributed by atoms with Crippen molar-refractivity contribution in [1.29, 1.82) is 0 Å². The molecule has 2 saturated heterocycles. The second kappa shape index (κ2) is 5.75. The highest BCUT2D eigenvalue weighted by molar-refractivity contribution is 6.30. The standard InChI is InChI=1S/C14H19ClFN3/c15-13-3-1-2-11(14(13)16)10-18-4-6-19(7-5-18)12-8-17-9-12/h1-3,12,17H,4-10H2. The molecule has 1 aromatic carbocycles. The second-order valence-corrected chi connectivity index (χ2v) is 5.74. The van der Waals surface area contributed by atoms with Crippen molar-refractivity contribution in [1.82, 2.24) is 15.1 Å². The van der Waals surface area contributed by atoms with E-state index in [9.17, 15) is 4.39 Å². The first kappa shape index (κ1) is 13.3. The van der Waals surface area contributed by atoms with Gasteiger partial charge in [-0.1, -0.05) is 23.7 Å². The van der Waals surface area contributed by atoms with E-state index in [0.29, 0.717) is 18.2 Å². The molecule has 0 amide bonds. The Morgan fingerprint density at radius 3 is 2.58 bits per heavy atom. The summed E-state index contributed by atoms with van der Waals surface area (Å²) in [6, 6.07) is 5.95. The third kappa shape index (κ3) is 2.92. The molecule has 2 aliphatic rings. The molecule has 0 bridgehead atoms. The van der Waals surface area contributed by atoms with Crippen molar-refractivity contribution < 1.29 is 4.39 Å². The molecule has 3 rings (SSSR count). The SMILES string of the molecule is Fc1c(Cl)cccc1CN1CCN(C2CNC2)CC1. The maximum atomic E-state index is 13.8. The van der Waals surface area contributed by atoms with E-state index in [-0.39, 0.29) is 10.8 Å². The molecule has 1 aromatic rings. The zero-order valence-electron chi connectivity index (χ0n) is 10.9. The average Bonchev–Trinajstić information content (AvgIpc) is 2.35. The van der Waals surface area contributed by atoms with Crippen molar-refractivity contribution in [3.8, 4) is 0 Å². The number of hydrogen-bond acceptors (Lipinski definition) is 3. The predicted octanol–water partition coefficient (Wildman–Crippen LogP) is 1.57. The average molecular weight is 284 g/mol. The molecule has 2 heterocycles. The topological polar surface area (TPSA) is 18.5 Å². The third-order valence-electron chi connectivity index (χ3n) is 4.11. The lowest BCUT2D eigenvalue weighted by Crippen LogP contribution is -2.61. The lowest BCUT2D eigenvalue weighted by Gasteiger charge is -2.43. The second-order valence-electron chi connectivity index (χ2n) is 5.34. The van der Waals surface area contributed by atoms with Crippen LogP contribution >= 0.6 is 11.6 Å². The summed E-state index contributed by atoms with van der Waals surface area (Å²) >= 11 is 5.81. The van der Waals surface area contributed by atoms with Crippen LogP contribution in [0.1, 0.15) is 5.56 Å². The van der Waals surface area contributed by atoms with Crippen LogP contribution in [0.4, 0.5) is 4.39 Å². The first-order valence-electron chi connectivity index (χ1n) is 6.84. The first-order chi connectivity index (χ1) is 9.24. The largest absolute Gasteiger partial charge is 0.314 e. The van der Waals surface area contributed by atoms with Crippen molar-refractivity contribution in [2.45, 2.75) is 12.6 Å². The molecule has 1 N–H and O–H groups in total. The molecule has 3 nitrogen and oxygen atoms in total. The summed E-state index contributed by atoms with van der Waals surface area (Å²) in [5.41, 5.74) is 0.700. The Morgan fingerprint density at radius 2 is 1.95 bits per heavy atom. The zero-order valence-corrected chi connectivity index (χ0v) is 11.7. The lowest BCUT2D eigenvalue weighted by atomic mass is 10.1. The minimum atomic E-state index is -0.269. The monoisotopic (exact) mass is 283 g/mol. The number of hydrogen-bond donors (Lipinski definition) is 1. The van der Waals surface area contributed by atoms with E-state index in [4.69, 9.17) is 11.6 Å². The van der Waals surface area contributed by atoms with Gasteiger partial charge < -0.3 is 5.32 Å². The van der Waals surface area contributed by atoms with Gasteiger partial charge in [-0.05, 0) is 6.07 Å². The van der Waals surface area contributed by atoms with Gasteiger partial charge in [0.05, 0.1) is 5.02 Å². The fourth-order valence-corrected chi connectivity index (χ4v) is 2.92. The van der Waals surface area contributed by atoms with Crippen LogP contribution in [0.25, 0.3) is 0 Å². The number of nitrogens with zero attached hydrogens (tertiary/aromatic N) is 2. The summed E-state index contributed by atoms with van der Waals surface area (Å²) in [6.07, 6.45) is 0. The lowest BCUT2D eigenvalue weighted by molar-refractivity contribution is 0.0691. The number of halogens is 2. The number of benzene rings is 1. The van der Waals surface area contributed by atoms with Gasteiger partial charge in [-0.25, -0.2) is 4.39 Å². The molecule has 0 aliphatic carbocycles. The molecule has 0 unspecified atom stereocenters. The van der Waals surface area contributed by atoms with Crippen molar-refractivity contribution in [2.24, 2.45) is 0 Å². The minimum Gasteiger partial charge on any atom is -0.314 e. The molecular formula is C14H19ClFN3. The number of rotatable bonds is 3. The van der Waals surface area contributed by atoms with Gasteiger partial charge in [-0.3, -0.25) is 9.80 Å². The molecule has 19 heavy (non-hydrogen) atoms. The van der Waals surface area contributed by atoms with Crippen LogP contribution in [-0.4, -0.2) is 55.1 Å². The fourth-order valence-electron chi connectivity index (χ4n) is 2.73. The Bertz CT molecular complexity index is 442. The molecular weight excluding hydrogens is 265 g/mol. The van der Waals surface area contributed by atoms with E-state index >= 15 is 0 Å². The normalized spacial score (nSPS) is 22.4. The summed E-state index contributed by atoms with van der Waals surface area (Å²) in [4.78, 5) is 4.83. The van der Waals surface area contributed by atoms with Gasteiger partial charge in [0, 0.05) is 57.4 Å². The van der Waals surface area contributed by atoms with E-state index < -0.39 is 0 Å². The molecule has 0 aromatic heterocycles. The van der Waals surface area contributed by atoms with E-state index in [2.05, 4.69) is 15.1 Å². The van der Waals surface area contributed by atoms with Crippen LogP contribution in [-0.2, 0) is 6.54 Å². The van der Waals surface area contributed by atoms with Crippen LogP contribution in [0.15, 0.2) is 18.2 Å². The third-order valence-corrected chi connectivity index (χ3v) is 4.40. The molecule has 0 spiro atoms.